The van der Waals surface area contributed by atoms with Crippen molar-refractivity contribution in [2.24, 2.45) is 0 Å². The van der Waals surface area contributed by atoms with Crippen molar-refractivity contribution in [2.75, 3.05) is 18.4 Å². The van der Waals surface area contributed by atoms with E-state index in [0.29, 0.717) is 5.69 Å². The first-order chi connectivity index (χ1) is 8.67. The van der Waals surface area contributed by atoms with Crippen LogP contribution < -0.4 is 5.32 Å². The van der Waals surface area contributed by atoms with Crippen LogP contribution in [-0.4, -0.2) is 24.0 Å². The van der Waals surface area contributed by atoms with Crippen molar-refractivity contribution < 1.29 is 9.18 Å². The Bertz CT molecular complexity index is 505. The maximum absolute atomic E-state index is 12.7. The number of halogens is 1. The fourth-order valence-electron chi connectivity index (χ4n) is 1.22. The molecule has 0 fully saturated rings. The van der Waals surface area contributed by atoms with Gasteiger partial charge in [-0.05, 0) is 31.2 Å². The third kappa shape index (κ3) is 4.19. The molecule has 0 aliphatic heterocycles. The minimum Gasteiger partial charge on any atom is -0.308 e. The van der Waals surface area contributed by atoms with Crippen LogP contribution in [0, 0.1) is 30.0 Å². The normalized spacial score (nSPS) is 8.72. The molecule has 1 N–H and O–H groups in total. The smallest absolute Gasteiger partial charge is 0.308 e. The number of nitrogens with zero attached hydrogens (tertiary/aromatic N) is 1. The average molecular weight is 244 g/mol. The van der Waals surface area contributed by atoms with E-state index < -0.39 is 0 Å². The number of anilines is 1. The zero-order valence-corrected chi connectivity index (χ0v) is 10.0. The number of amides is 2. The van der Waals surface area contributed by atoms with Gasteiger partial charge in [0.2, 0.25) is 0 Å². The predicted octanol–water partition coefficient (Wildman–Crippen LogP) is 2.32. The lowest BCUT2D eigenvalue weighted by molar-refractivity contribution is 0.223. The molecule has 0 saturated carbocycles. The average Bonchev–Trinajstić information content (AvgIpc) is 2.37. The quantitative estimate of drug-likeness (QED) is 0.813. The van der Waals surface area contributed by atoms with Gasteiger partial charge in [-0.25, -0.2) is 9.18 Å². The van der Waals surface area contributed by atoms with Crippen molar-refractivity contribution in [2.45, 2.75) is 6.92 Å². The molecule has 1 aromatic carbocycles. The molecule has 0 radical (unpaired) electrons. The van der Waals surface area contributed by atoms with Crippen LogP contribution in [0.3, 0.4) is 0 Å². The molecule has 0 aliphatic rings. The van der Waals surface area contributed by atoms with Crippen LogP contribution in [0.4, 0.5) is 14.9 Å². The van der Waals surface area contributed by atoms with E-state index in [1.165, 1.54) is 29.2 Å². The summed E-state index contributed by atoms with van der Waals surface area (Å²) in [4.78, 5) is 13.2. The first-order valence-electron chi connectivity index (χ1n) is 5.32. The second kappa shape index (κ2) is 6.98. The van der Waals surface area contributed by atoms with E-state index >= 15 is 0 Å². The minimum atomic E-state index is -0.359. The number of terminal acetylenes is 1. The number of rotatable bonds is 3. The Kier molecular flexibility index (Phi) is 5.28. The highest BCUT2D eigenvalue weighted by Crippen LogP contribution is 2.09. The molecule has 92 valence electrons. The summed E-state index contributed by atoms with van der Waals surface area (Å²) in [5, 5.41) is 2.62. The summed E-state index contributed by atoms with van der Waals surface area (Å²) in [6, 6.07) is 5.14. The van der Waals surface area contributed by atoms with E-state index in [-0.39, 0.29) is 24.9 Å². The summed E-state index contributed by atoms with van der Waals surface area (Å²) in [6.45, 7) is 2.11. The molecule has 0 saturated heterocycles. The van der Waals surface area contributed by atoms with Gasteiger partial charge in [0.25, 0.3) is 0 Å². The lowest BCUT2D eigenvalue weighted by Crippen LogP contribution is -2.35. The van der Waals surface area contributed by atoms with Crippen molar-refractivity contribution in [3.05, 3.63) is 30.1 Å². The van der Waals surface area contributed by atoms with Crippen molar-refractivity contribution in [3.8, 4) is 24.2 Å². The van der Waals surface area contributed by atoms with Crippen LogP contribution in [0.1, 0.15) is 6.92 Å². The second-order valence-electron chi connectivity index (χ2n) is 3.42. The summed E-state index contributed by atoms with van der Waals surface area (Å²) in [5.74, 6) is 7.50. The Morgan fingerprint density at radius 2 is 2.06 bits per heavy atom. The molecule has 0 unspecified atom stereocenters. The lowest BCUT2D eigenvalue weighted by Gasteiger charge is -2.18. The van der Waals surface area contributed by atoms with Gasteiger partial charge in [-0.15, -0.1) is 12.3 Å². The topological polar surface area (TPSA) is 32.3 Å². The predicted molar refractivity (Wildman–Crippen MR) is 69.3 cm³/mol. The van der Waals surface area contributed by atoms with Crippen molar-refractivity contribution >= 4 is 11.7 Å². The van der Waals surface area contributed by atoms with E-state index in [4.69, 9.17) is 6.42 Å². The molecule has 3 nitrogen and oxygen atoms in total. The summed E-state index contributed by atoms with van der Waals surface area (Å²) >= 11 is 0. The molecule has 0 heterocycles. The molecule has 4 heteroatoms. The zero-order chi connectivity index (χ0) is 13.4. The Morgan fingerprint density at radius 1 is 1.39 bits per heavy atom. The highest BCUT2D eigenvalue weighted by molar-refractivity contribution is 5.89. The molecule has 0 aliphatic carbocycles. The second-order valence-corrected chi connectivity index (χ2v) is 3.42. The monoisotopic (exact) mass is 244 g/mol. The van der Waals surface area contributed by atoms with Crippen LogP contribution in [-0.2, 0) is 0 Å². The van der Waals surface area contributed by atoms with Crippen LogP contribution >= 0.6 is 0 Å². The molecule has 0 bridgehead atoms. The van der Waals surface area contributed by atoms with Gasteiger partial charge in [-0.3, -0.25) is 0 Å². The molecule has 0 atom stereocenters. The molecular formula is C14H13FN2O. The Morgan fingerprint density at radius 3 is 2.61 bits per heavy atom. The number of hydrogen-bond donors (Lipinski definition) is 1. The fraction of sp³-hybridized carbons (Fsp3) is 0.214. The van der Waals surface area contributed by atoms with Gasteiger partial charge in [-0.2, -0.15) is 0 Å². The zero-order valence-electron chi connectivity index (χ0n) is 10.0. The van der Waals surface area contributed by atoms with Crippen molar-refractivity contribution in [3.63, 3.8) is 0 Å². The van der Waals surface area contributed by atoms with Crippen molar-refractivity contribution in [1.82, 2.24) is 4.90 Å². The number of carbonyl (C=O) groups excluding carboxylic acids is 1. The highest BCUT2D eigenvalue weighted by Gasteiger charge is 2.10. The SMILES string of the molecule is C#CCN(CC#CC)C(=O)Nc1ccc(F)cc1. The molecule has 1 aromatic rings. The van der Waals surface area contributed by atoms with Gasteiger partial charge < -0.3 is 10.2 Å². The third-order valence-corrected chi connectivity index (χ3v) is 2.11. The Hall–Kier alpha value is -2.46. The molecule has 18 heavy (non-hydrogen) atoms. The number of benzene rings is 1. The standard InChI is InChI=1S/C14H13FN2O/c1-3-5-11-17(10-4-2)14(18)16-13-8-6-12(15)7-9-13/h2,6-9H,10-11H2,1H3,(H,16,18). The van der Waals surface area contributed by atoms with Crippen LogP contribution in [0.5, 0.6) is 0 Å². The molecule has 0 aromatic heterocycles. The molecular weight excluding hydrogens is 231 g/mol. The van der Waals surface area contributed by atoms with Crippen molar-refractivity contribution in [1.29, 1.82) is 0 Å². The maximum atomic E-state index is 12.7. The van der Waals surface area contributed by atoms with E-state index in [1.54, 1.807) is 6.92 Å². The highest BCUT2D eigenvalue weighted by atomic mass is 19.1. The van der Waals surface area contributed by atoms with Gasteiger partial charge in [0.1, 0.15) is 5.82 Å². The largest absolute Gasteiger partial charge is 0.323 e. The molecule has 1 rings (SSSR count). The van der Waals surface area contributed by atoms with Crippen LogP contribution in [0.2, 0.25) is 0 Å². The fourth-order valence-corrected chi connectivity index (χ4v) is 1.22. The molecule has 0 spiro atoms. The number of carbonyl (C=O) groups is 1. The van der Waals surface area contributed by atoms with Gasteiger partial charge in [-0.1, -0.05) is 11.8 Å². The Balaban J connectivity index is 2.68. The van der Waals surface area contributed by atoms with E-state index in [9.17, 15) is 9.18 Å². The summed E-state index contributed by atoms with van der Waals surface area (Å²) < 4.78 is 12.7. The summed E-state index contributed by atoms with van der Waals surface area (Å²) in [5.41, 5.74) is 0.507. The van der Waals surface area contributed by atoms with E-state index in [2.05, 4.69) is 23.1 Å². The first-order valence-corrected chi connectivity index (χ1v) is 5.32. The summed E-state index contributed by atoms with van der Waals surface area (Å²) in [6.07, 6.45) is 5.18. The maximum Gasteiger partial charge on any atom is 0.323 e. The number of hydrogen-bond acceptors (Lipinski definition) is 1. The van der Waals surface area contributed by atoms with Crippen LogP contribution in [0.25, 0.3) is 0 Å². The van der Waals surface area contributed by atoms with Gasteiger partial charge in [0.05, 0.1) is 13.1 Å². The first kappa shape index (κ1) is 13.6. The van der Waals surface area contributed by atoms with Gasteiger partial charge >= 0.3 is 6.03 Å². The minimum absolute atomic E-state index is 0.168. The summed E-state index contributed by atoms with van der Waals surface area (Å²) in [7, 11) is 0. The van der Waals surface area contributed by atoms with Crippen LogP contribution in [0.15, 0.2) is 24.3 Å². The number of nitrogens with one attached hydrogen (secondary N) is 1. The van der Waals surface area contributed by atoms with E-state index in [0.717, 1.165) is 0 Å². The van der Waals surface area contributed by atoms with Gasteiger partial charge in [0.15, 0.2) is 0 Å². The Labute approximate surface area is 106 Å². The van der Waals surface area contributed by atoms with E-state index in [1.807, 2.05) is 0 Å². The lowest BCUT2D eigenvalue weighted by atomic mass is 10.3. The number of urea groups is 1. The molecule has 2 amide bonds. The third-order valence-electron chi connectivity index (χ3n) is 2.11. The van der Waals surface area contributed by atoms with Gasteiger partial charge in [0, 0.05) is 5.69 Å².